The number of anilines is 3. The maximum Gasteiger partial charge on any atom is 0.271 e. The van der Waals surface area contributed by atoms with E-state index in [1.807, 2.05) is 0 Å². The molecule has 0 saturated carbocycles. The van der Waals surface area contributed by atoms with E-state index in [0.717, 1.165) is 6.29 Å². The lowest BCUT2D eigenvalue weighted by atomic mass is 10.2. The van der Waals surface area contributed by atoms with Crippen LogP contribution in [0.4, 0.5) is 17.3 Å². The minimum atomic E-state index is -0.749. The molecule has 2 aromatic rings. The molecule has 1 atom stereocenters. The van der Waals surface area contributed by atoms with Gasteiger partial charge in [0.2, 0.25) is 0 Å². The smallest absolute Gasteiger partial charge is 0.271 e. The monoisotopic (exact) mass is 374 g/mol. The van der Waals surface area contributed by atoms with Gasteiger partial charge in [-0.3, -0.25) is 9.80 Å². The number of nitrogens with two attached hydrogens (primary N) is 2. The van der Waals surface area contributed by atoms with Gasteiger partial charge in [0.15, 0.2) is 28.8 Å². The molecule has 10 nitrogen and oxygen atoms in total. The maximum absolute atomic E-state index is 11.7. The number of carbonyl (C=O) groups is 2. The van der Waals surface area contributed by atoms with E-state index in [1.54, 1.807) is 25.1 Å². The molecule has 1 aromatic carbocycles. The third-order valence-corrected chi connectivity index (χ3v) is 3.82. The van der Waals surface area contributed by atoms with Gasteiger partial charge in [0.25, 0.3) is 5.91 Å². The van der Waals surface area contributed by atoms with Gasteiger partial charge in [-0.05, 0) is 19.1 Å². The molecule has 0 bridgehead atoms. The Balaban J connectivity index is 2.40. The van der Waals surface area contributed by atoms with E-state index < -0.39 is 5.91 Å². The van der Waals surface area contributed by atoms with Crippen molar-refractivity contribution in [2.45, 2.75) is 19.4 Å². The largest absolute Gasteiger partial charge is 0.493 e. The SMILES string of the molecule is COc1ccc(Nc2nc(N(N)C(C)CC=O)cnc2C(N)=O)cc1OC. The number of aromatic nitrogens is 2. The zero-order valence-electron chi connectivity index (χ0n) is 15.3. The second-order valence-electron chi connectivity index (χ2n) is 5.64. The van der Waals surface area contributed by atoms with Crippen LogP contribution in [0.1, 0.15) is 23.8 Å². The van der Waals surface area contributed by atoms with Crippen molar-refractivity contribution in [3.63, 3.8) is 0 Å². The third-order valence-electron chi connectivity index (χ3n) is 3.82. The molecule has 1 aromatic heterocycles. The summed E-state index contributed by atoms with van der Waals surface area (Å²) in [6, 6.07) is 4.79. The number of ether oxygens (including phenoxy) is 2. The predicted octanol–water partition coefficient (Wildman–Crippen LogP) is 0.994. The first kappa shape index (κ1) is 19.9. The highest BCUT2D eigenvalue weighted by Gasteiger charge is 2.18. The fourth-order valence-electron chi connectivity index (χ4n) is 2.30. The molecule has 1 heterocycles. The number of nitrogens with zero attached hydrogens (tertiary/aromatic N) is 3. The number of amides is 1. The molecular formula is C17H22N6O4. The summed E-state index contributed by atoms with van der Waals surface area (Å²) >= 11 is 0. The number of hydrogen-bond donors (Lipinski definition) is 3. The molecule has 0 fully saturated rings. The second-order valence-corrected chi connectivity index (χ2v) is 5.64. The van der Waals surface area contributed by atoms with E-state index in [4.69, 9.17) is 21.1 Å². The van der Waals surface area contributed by atoms with Gasteiger partial charge in [0.05, 0.1) is 26.5 Å². The summed E-state index contributed by atoms with van der Waals surface area (Å²) in [4.78, 5) is 30.8. The summed E-state index contributed by atoms with van der Waals surface area (Å²) in [6.07, 6.45) is 2.30. The van der Waals surface area contributed by atoms with E-state index in [1.165, 1.54) is 25.4 Å². The molecule has 0 radical (unpaired) electrons. The summed E-state index contributed by atoms with van der Waals surface area (Å²) < 4.78 is 10.5. The van der Waals surface area contributed by atoms with Gasteiger partial charge in [-0.15, -0.1) is 0 Å². The zero-order chi connectivity index (χ0) is 20.0. The molecule has 27 heavy (non-hydrogen) atoms. The van der Waals surface area contributed by atoms with Crippen LogP contribution in [0.3, 0.4) is 0 Å². The first-order valence-electron chi connectivity index (χ1n) is 8.04. The van der Waals surface area contributed by atoms with E-state index in [2.05, 4.69) is 15.3 Å². The standard InChI is InChI=1S/C17H22N6O4/c1-10(6-7-24)23(19)14-9-20-15(16(18)25)17(22-14)21-11-4-5-12(26-2)13(8-11)27-3/h4-5,7-10H,6,19H2,1-3H3,(H2,18,25)(H,21,22). The van der Waals surface area contributed by atoms with Gasteiger partial charge in [-0.25, -0.2) is 15.8 Å². The van der Waals surface area contributed by atoms with Crippen LogP contribution in [0.15, 0.2) is 24.4 Å². The molecule has 2 rings (SSSR count). The Labute approximate surface area is 156 Å². The lowest BCUT2D eigenvalue weighted by molar-refractivity contribution is -0.108. The number of primary amides is 1. The molecule has 0 saturated heterocycles. The number of benzene rings is 1. The normalized spacial score (nSPS) is 11.4. The minimum absolute atomic E-state index is 0.0509. The number of carbonyl (C=O) groups excluding carboxylic acids is 2. The fraction of sp³-hybridized carbons (Fsp3) is 0.294. The van der Waals surface area contributed by atoms with Crippen LogP contribution in [0.5, 0.6) is 11.5 Å². The van der Waals surface area contributed by atoms with Crippen LogP contribution in [0, 0.1) is 0 Å². The van der Waals surface area contributed by atoms with Crippen LogP contribution < -0.4 is 31.4 Å². The topological polar surface area (TPSA) is 146 Å². The Hall–Kier alpha value is -3.40. The average molecular weight is 374 g/mol. The van der Waals surface area contributed by atoms with Crippen molar-refractivity contribution in [3.05, 3.63) is 30.1 Å². The van der Waals surface area contributed by atoms with E-state index in [0.29, 0.717) is 17.2 Å². The molecule has 144 valence electrons. The summed E-state index contributed by atoms with van der Waals surface area (Å²) in [5.41, 5.74) is 5.91. The molecule has 0 aliphatic carbocycles. The minimum Gasteiger partial charge on any atom is -0.493 e. The third kappa shape index (κ3) is 4.61. The van der Waals surface area contributed by atoms with Crippen molar-refractivity contribution in [2.75, 3.05) is 24.5 Å². The van der Waals surface area contributed by atoms with Crippen molar-refractivity contribution >= 4 is 29.5 Å². The van der Waals surface area contributed by atoms with Crippen molar-refractivity contribution in [1.29, 1.82) is 0 Å². The molecule has 5 N–H and O–H groups in total. The average Bonchev–Trinajstić information content (AvgIpc) is 2.67. The Morgan fingerprint density at radius 3 is 2.63 bits per heavy atom. The van der Waals surface area contributed by atoms with Gasteiger partial charge < -0.3 is 25.3 Å². The van der Waals surface area contributed by atoms with Crippen molar-refractivity contribution in [1.82, 2.24) is 9.97 Å². The highest BCUT2D eigenvalue weighted by molar-refractivity contribution is 5.96. The molecule has 1 amide bonds. The van der Waals surface area contributed by atoms with Crippen molar-refractivity contribution < 1.29 is 19.1 Å². The van der Waals surface area contributed by atoms with Crippen LogP contribution in [-0.4, -0.2) is 42.4 Å². The Morgan fingerprint density at radius 1 is 1.33 bits per heavy atom. The molecule has 0 aliphatic heterocycles. The first-order valence-corrected chi connectivity index (χ1v) is 8.04. The maximum atomic E-state index is 11.7. The highest BCUT2D eigenvalue weighted by atomic mass is 16.5. The Morgan fingerprint density at radius 2 is 2.04 bits per heavy atom. The zero-order valence-corrected chi connectivity index (χ0v) is 15.3. The highest BCUT2D eigenvalue weighted by Crippen LogP contribution is 2.31. The number of aldehydes is 1. The number of hydrazine groups is 1. The van der Waals surface area contributed by atoms with Crippen molar-refractivity contribution in [3.8, 4) is 11.5 Å². The number of nitrogens with one attached hydrogen (secondary N) is 1. The lowest BCUT2D eigenvalue weighted by Crippen LogP contribution is -2.40. The summed E-state index contributed by atoms with van der Waals surface area (Å²) in [7, 11) is 3.04. The van der Waals surface area contributed by atoms with Crippen LogP contribution in [0.25, 0.3) is 0 Å². The second kappa shape index (κ2) is 8.81. The van der Waals surface area contributed by atoms with Gasteiger partial charge in [0.1, 0.15) is 6.29 Å². The van der Waals surface area contributed by atoms with Crippen LogP contribution >= 0.6 is 0 Å². The molecular weight excluding hydrogens is 352 g/mol. The summed E-state index contributed by atoms with van der Waals surface area (Å²) in [6.45, 7) is 1.76. The van der Waals surface area contributed by atoms with Crippen LogP contribution in [0.2, 0.25) is 0 Å². The quantitative estimate of drug-likeness (QED) is 0.332. The van der Waals surface area contributed by atoms with Gasteiger partial charge in [0, 0.05) is 18.2 Å². The van der Waals surface area contributed by atoms with E-state index in [-0.39, 0.29) is 29.8 Å². The molecule has 0 spiro atoms. The summed E-state index contributed by atoms with van der Waals surface area (Å²) in [5.74, 6) is 6.68. The Bertz CT molecular complexity index is 829. The molecule has 1 unspecified atom stereocenters. The number of rotatable bonds is 9. The predicted molar refractivity (Wildman–Crippen MR) is 100 cm³/mol. The van der Waals surface area contributed by atoms with Gasteiger partial charge in [-0.2, -0.15) is 0 Å². The summed E-state index contributed by atoms with van der Waals surface area (Å²) in [5, 5.41) is 4.28. The van der Waals surface area contributed by atoms with E-state index >= 15 is 0 Å². The number of methoxy groups -OCH3 is 2. The van der Waals surface area contributed by atoms with Gasteiger partial charge in [-0.1, -0.05) is 0 Å². The molecule has 10 heteroatoms. The van der Waals surface area contributed by atoms with Crippen molar-refractivity contribution in [2.24, 2.45) is 11.6 Å². The Kier molecular flexibility index (Phi) is 6.50. The van der Waals surface area contributed by atoms with Crippen LogP contribution in [-0.2, 0) is 4.79 Å². The first-order chi connectivity index (χ1) is 12.9. The number of hydrogen-bond acceptors (Lipinski definition) is 9. The molecule has 0 aliphatic rings. The lowest BCUT2D eigenvalue weighted by Gasteiger charge is -2.24. The van der Waals surface area contributed by atoms with Gasteiger partial charge >= 0.3 is 0 Å². The van der Waals surface area contributed by atoms with E-state index in [9.17, 15) is 9.59 Å². The fourth-order valence-corrected chi connectivity index (χ4v) is 2.30.